The maximum atomic E-state index is 10.9. The minimum Gasteiger partial charge on any atom is -0.478 e. The highest BCUT2D eigenvalue weighted by Crippen LogP contribution is 2.25. The fourth-order valence-electron chi connectivity index (χ4n) is 2.47. The van der Waals surface area contributed by atoms with Gasteiger partial charge < -0.3 is 21.1 Å². The Balaban J connectivity index is 2.05. The smallest absolute Gasteiger partial charge is 0.335 e. The second-order valence-corrected chi connectivity index (χ2v) is 5.30. The first-order valence-corrected chi connectivity index (χ1v) is 6.57. The van der Waals surface area contributed by atoms with Crippen molar-refractivity contribution in [3.63, 3.8) is 0 Å². The summed E-state index contributed by atoms with van der Waals surface area (Å²) >= 11 is 0. The van der Waals surface area contributed by atoms with Crippen molar-refractivity contribution >= 4 is 17.3 Å². The molecule has 2 unspecified atom stereocenters. The topological polar surface area (TPSA) is 78.6 Å². The highest BCUT2D eigenvalue weighted by atomic mass is 16.4. The first-order chi connectivity index (χ1) is 8.97. The van der Waals surface area contributed by atoms with Gasteiger partial charge in [0.2, 0.25) is 0 Å². The molecule has 1 heterocycles. The van der Waals surface area contributed by atoms with Crippen LogP contribution in [0.15, 0.2) is 18.2 Å². The van der Waals surface area contributed by atoms with E-state index < -0.39 is 5.97 Å². The molecule has 0 amide bonds. The van der Waals surface area contributed by atoms with E-state index >= 15 is 0 Å². The second kappa shape index (κ2) is 5.48. The first kappa shape index (κ1) is 13.7. The van der Waals surface area contributed by atoms with E-state index in [0.29, 0.717) is 17.8 Å². The van der Waals surface area contributed by atoms with Gasteiger partial charge in [-0.1, -0.05) is 0 Å². The molecule has 1 aliphatic rings. The number of nitrogens with two attached hydrogens (primary N) is 1. The Morgan fingerprint density at radius 2 is 2.26 bits per heavy atom. The van der Waals surface area contributed by atoms with E-state index in [9.17, 15) is 4.79 Å². The minimum absolute atomic E-state index is 0.222. The summed E-state index contributed by atoms with van der Waals surface area (Å²) < 4.78 is 0. The van der Waals surface area contributed by atoms with Crippen molar-refractivity contribution in [2.24, 2.45) is 0 Å². The zero-order valence-corrected chi connectivity index (χ0v) is 11.4. The number of likely N-dealkylation sites (tertiary alicyclic amines) is 1. The number of rotatable bonds is 3. The van der Waals surface area contributed by atoms with Crippen LogP contribution in [0.2, 0.25) is 0 Å². The first-order valence-electron chi connectivity index (χ1n) is 6.57. The van der Waals surface area contributed by atoms with Gasteiger partial charge >= 0.3 is 5.97 Å². The summed E-state index contributed by atoms with van der Waals surface area (Å²) in [6.45, 7) is 3.27. The van der Waals surface area contributed by atoms with Gasteiger partial charge in [0.25, 0.3) is 0 Å². The molecule has 0 bridgehead atoms. The molecule has 4 N–H and O–H groups in total. The number of carbonyl (C=O) groups is 1. The zero-order valence-electron chi connectivity index (χ0n) is 11.4. The van der Waals surface area contributed by atoms with Gasteiger partial charge in [-0.25, -0.2) is 4.79 Å². The lowest BCUT2D eigenvalue weighted by atomic mass is 9.98. The summed E-state index contributed by atoms with van der Waals surface area (Å²) in [7, 11) is 2.14. The number of nitrogens with one attached hydrogen (secondary N) is 1. The maximum Gasteiger partial charge on any atom is 0.335 e. The fourth-order valence-corrected chi connectivity index (χ4v) is 2.47. The molecule has 1 aromatic rings. The normalized spacial score (nSPS) is 24.1. The summed E-state index contributed by atoms with van der Waals surface area (Å²) in [4.78, 5) is 13.2. The van der Waals surface area contributed by atoms with Gasteiger partial charge in [0.15, 0.2) is 0 Å². The Morgan fingerprint density at radius 3 is 2.84 bits per heavy atom. The number of carboxylic acids is 1. The molecule has 5 heteroatoms. The molecule has 0 aliphatic carbocycles. The molecule has 1 fully saturated rings. The predicted molar refractivity (Wildman–Crippen MR) is 76.6 cm³/mol. The largest absolute Gasteiger partial charge is 0.478 e. The van der Waals surface area contributed by atoms with Gasteiger partial charge in [0, 0.05) is 18.6 Å². The number of hydrogen-bond donors (Lipinski definition) is 3. The minimum atomic E-state index is -0.953. The van der Waals surface area contributed by atoms with Crippen LogP contribution in [0.5, 0.6) is 0 Å². The van der Waals surface area contributed by atoms with Gasteiger partial charge in [-0.3, -0.25) is 0 Å². The number of piperidine rings is 1. The van der Waals surface area contributed by atoms with Crippen LogP contribution in [-0.4, -0.2) is 41.7 Å². The van der Waals surface area contributed by atoms with Crippen molar-refractivity contribution in [2.45, 2.75) is 31.8 Å². The zero-order chi connectivity index (χ0) is 14.0. The van der Waals surface area contributed by atoms with Crippen molar-refractivity contribution in [3.8, 4) is 0 Å². The number of nitrogens with zero attached hydrogens (tertiary/aromatic N) is 1. The van der Waals surface area contributed by atoms with Gasteiger partial charge in [-0.15, -0.1) is 0 Å². The Labute approximate surface area is 113 Å². The predicted octanol–water partition coefficient (Wildman–Crippen LogP) is 1.86. The highest BCUT2D eigenvalue weighted by Gasteiger charge is 2.23. The lowest BCUT2D eigenvalue weighted by molar-refractivity contribution is 0.0697. The quantitative estimate of drug-likeness (QED) is 0.725. The van der Waals surface area contributed by atoms with Crippen molar-refractivity contribution in [2.75, 3.05) is 24.6 Å². The Kier molecular flexibility index (Phi) is 3.95. The lowest BCUT2D eigenvalue weighted by Crippen LogP contribution is -2.42. The van der Waals surface area contributed by atoms with Crippen LogP contribution in [-0.2, 0) is 0 Å². The third kappa shape index (κ3) is 3.17. The summed E-state index contributed by atoms with van der Waals surface area (Å²) in [5.41, 5.74) is 7.44. The molecule has 0 spiro atoms. The molecule has 0 saturated carbocycles. The number of hydrogen-bond acceptors (Lipinski definition) is 4. The molecule has 1 aromatic carbocycles. The van der Waals surface area contributed by atoms with E-state index in [1.807, 2.05) is 0 Å². The van der Waals surface area contributed by atoms with Crippen LogP contribution in [0, 0.1) is 0 Å². The lowest BCUT2D eigenvalue weighted by Gasteiger charge is -2.36. The van der Waals surface area contributed by atoms with Gasteiger partial charge in [-0.05, 0) is 45.0 Å². The van der Waals surface area contributed by atoms with Crippen LogP contribution in [0.1, 0.15) is 30.1 Å². The Morgan fingerprint density at radius 1 is 1.53 bits per heavy atom. The molecular formula is C14H21N3O2. The van der Waals surface area contributed by atoms with Gasteiger partial charge in [-0.2, -0.15) is 0 Å². The van der Waals surface area contributed by atoms with Crippen LogP contribution < -0.4 is 11.1 Å². The third-order valence-corrected chi connectivity index (χ3v) is 3.87. The molecule has 5 nitrogen and oxygen atoms in total. The number of nitrogen functional groups attached to an aromatic ring is 1. The van der Waals surface area contributed by atoms with E-state index in [0.717, 1.165) is 25.1 Å². The molecular weight excluding hydrogens is 242 g/mol. The Bertz CT molecular complexity index is 476. The fraction of sp³-hybridized carbons (Fsp3) is 0.500. The van der Waals surface area contributed by atoms with Crippen molar-refractivity contribution in [3.05, 3.63) is 23.8 Å². The molecule has 2 rings (SSSR count). The molecule has 1 saturated heterocycles. The second-order valence-electron chi connectivity index (χ2n) is 5.30. The van der Waals surface area contributed by atoms with E-state index in [1.54, 1.807) is 12.1 Å². The van der Waals surface area contributed by atoms with Gasteiger partial charge in [0.05, 0.1) is 16.9 Å². The summed E-state index contributed by atoms with van der Waals surface area (Å²) in [5.74, 6) is -0.953. The van der Waals surface area contributed by atoms with E-state index in [1.165, 1.54) is 6.07 Å². The van der Waals surface area contributed by atoms with Crippen molar-refractivity contribution in [1.82, 2.24) is 4.90 Å². The molecule has 0 aromatic heterocycles. The number of benzene rings is 1. The summed E-state index contributed by atoms with van der Waals surface area (Å²) in [6, 6.07) is 5.78. The van der Waals surface area contributed by atoms with Crippen molar-refractivity contribution in [1.29, 1.82) is 0 Å². The van der Waals surface area contributed by atoms with Crippen LogP contribution in [0.4, 0.5) is 11.4 Å². The molecule has 104 valence electrons. The number of anilines is 2. The van der Waals surface area contributed by atoms with Crippen LogP contribution in [0.3, 0.4) is 0 Å². The molecule has 0 radical (unpaired) electrons. The summed E-state index contributed by atoms with van der Waals surface area (Å²) in [5, 5.41) is 12.3. The SMILES string of the molecule is CC1CC(Nc2ccc(C(=O)O)cc2N)CCN1C. The number of carboxylic acid groups (broad SMARTS) is 1. The third-order valence-electron chi connectivity index (χ3n) is 3.87. The average Bonchev–Trinajstić information content (AvgIpc) is 2.36. The molecule has 2 atom stereocenters. The summed E-state index contributed by atoms with van der Waals surface area (Å²) in [6.07, 6.45) is 2.14. The van der Waals surface area contributed by atoms with E-state index in [2.05, 4.69) is 24.2 Å². The van der Waals surface area contributed by atoms with Crippen LogP contribution >= 0.6 is 0 Å². The van der Waals surface area contributed by atoms with Crippen LogP contribution in [0.25, 0.3) is 0 Å². The van der Waals surface area contributed by atoms with Gasteiger partial charge in [0.1, 0.15) is 0 Å². The monoisotopic (exact) mass is 263 g/mol. The number of aromatic carboxylic acids is 1. The maximum absolute atomic E-state index is 10.9. The van der Waals surface area contributed by atoms with E-state index in [-0.39, 0.29) is 5.56 Å². The van der Waals surface area contributed by atoms with E-state index in [4.69, 9.17) is 10.8 Å². The molecule has 1 aliphatic heterocycles. The standard InChI is InChI=1S/C14H21N3O2/c1-9-7-11(5-6-17(9)2)16-13-4-3-10(14(18)19)8-12(13)15/h3-4,8-9,11,16H,5-7,15H2,1-2H3,(H,18,19). The highest BCUT2D eigenvalue weighted by molar-refractivity contribution is 5.90. The average molecular weight is 263 g/mol. The Hall–Kier alpha value is -1.75. The van der Waals surface area contributed by atoms with Crippen molar-refractivity contribution < 1.29 is 9.90 Å². The molecule has 19 heavy (non-hydrogen) atoms.